The number of benzene rings is 2. The van der Waals surface area contributed by atoms with Crippen molar-refractivity contribution in [2.75, 3.05) is 17.1 Å². The van der Waals surface area contributed by atoms with Gasteiger partial charge in [-0.25, -0.2) is 8.42 Å². The number of anilines is 1. The largest absolute Gasteiger partial charge is 0.352 e. The van der Waals surface area contributed by atoms with Gasteiger partial charge in [0.25, 0.3) is 0 Å². The summed E-state index contributed by atoms with van der Waals surface area (Å²) in [6, 6.07) is 12.9. The van der Waals surface area contributed by atoms with E-state index in [0.29, 0.717) is 0 Å². The Bertz CT molecular complexity index is 1120. The van der Waals surface area contributed by atoms with E-state index in [0.717, 1.165) is 48.2 Å². The van der Waals surface area contributed by atoms with Crippen molar-refractivity contribution in [1.29, 1.82) is 0 Å². The van der Waals surface area contributed by atoms with Crippen LogP contribution in [0.25, 0.3) is 0 Å². The Morgan fingerprint density at radius 3 is 2.20 bits per heavy atom. The van der Waals surface area contributed by atoms with Crippen molar-refractivity contribution in [3.05, 3.63) is 64.1 Å². The van der Waals surface area contributed by atoms with Gasteiger partial charge in [-0.1, -0.05) is 72.8 Å². The molecule has 1 N–H and O–H groups in total. The highest BCUT2D eigenvalue weighted by Crippen LogP contribution is 2.27. The molecule has 2 amide bonds. The fraction of sp³-hybridized carbons (Fsp3) is 0.440. The molecule has 190 valence electrons. The van der Waals surface area contributed by atoms with Gasteiger partial charge in [-0.3, -0.25) is 13.9 Å². The first-order chi connectivity index (χ1) is 16.5. The molecule has 2 aromatic carbocycles. The lowest BCUT2D eigenvalue weighted by Gasteiger charge is -2.33. The summed E-state index contributed by atoms with van der Waals surface area (Å²) in [7, 11) is -3.85. The van der Waals surface area contributed by atoms with Crippen molar-refractivity contribution in [2.45, 2.75) is 57.7 Å². The first-order valence-corrected chi connectivity index (χ1v) is 14.2. The molecule has 1 saturated carbocycles. The maximum atomic E-state index is 13.6. The number of nitrogens with zero attached hydrogens (tertiary/aromatic N) is 2. The maximum Gasteiger partial charge on any atom is 0.244 e. The number of halogens is 2. The molecule has 35 heavy (non-hydrogen) atoms. The highest BCUT2D eigenvalue weighted by atomic mass is 35.5. The molecule has 10 heteroatoms. The van der Waals surface area contributed by atoms with Crippen LogP contribution in [0.5, 0.6) is 0 Å². The van der Waals surface area contributed by atoms with Crippen LogP contribution in [0.1, 0.15) is 44.6 Å². The normalized spacial score (nSPS) is 15.3. The van der Waals surface area contributed by atoms with Crippen molar-refractivity contribution in [3.63, 3.8) is 0 Å². The summed E-state index contributed by atoms with van der Waals surface area (Å²) in [6.07, 6.45) is 6.14. The Labute approximate surface area is 217 Å². The molecule has 0 aromatic heterocycles. The molecule has 7 nitrogen and oxygen atoms in total. The highest BCUT2D eigenvalue weighted by Gasteiger charge is 2.31. The van der Waals surface area contributed by atoms with Crippen LogP contribution < -0.4 is 9.62 Å². The summed E-state index contributed by atoms with van der Waals surface area (Å²) in [6.45, 7) is 1.33. The second-order valence-corrected chi connectivity index (χ2v) is 11.7. The van der Waals surface area contributed by atoms with E-state index in [4.69, 9.17) is 23.2 Å². The number of carbonyl (C=O) groups is 2. The molecule has 1 aliphatic rings. The van der Waals surface area contributed by atoms with Gasteiger partial charge in [0.2, 0.25) is 21.8 Å². The first-order valence-electron chi connectivity index (χ1n) is 11.6. The van der Waals surface area contributed by atoms with Gasteiger partial charge in [-0.15, -0.1) is 0 Å². The average Bonchev–Trinajstić information content (AvgIpc) is 2.80. The van der Waals surface area contributed by atoms with Gasteiger partial charge in [0, 0.05) is 22.6 Å². The van der Waals surface area contributed by atoms with Crippen LogP contribution in [0.3, 0.4) is 0 Å². The Hall–Kier alpha value is -2.29. The summed E-state index contributed by atoms with van der Waals surface area (Å²) >= 11 is 12.2. The van der Waals surface area contributed by atoms with Crippen LogP contribution in [0, 0.1) is 0 Å². The lowest BCUT2D eigenvalue weighted by Crippen LogP contribution is -2.52. The molecule has 0 aliphatic heterocycles. The lowest BCUT2D eigenvalue weighted by molar-refractivity contribution is -0.139. The molecule has 3 rings (SSSR count). The highest BCUT2D eigenvalue weighted by molar-refractivity contribution is 7.92. The van der Waals surface area contributed by atoms with Crippen molar-refractivity contribution >= 4 is 50.7 Å². The van der Waals surface area contributed by atoms with Gasteiger partial charge in [-0.2, -0.15) is 0 Å². The predicted molar refractivity (Wildman–Crippen MR) is 140 cm³/mol. The van der Waals surface area contributed by atoms with Crippen molar-refractivity contribution in [1.82, 2.24) is 10.2 Å². The van der Waals surface area contributed by atoms with Crippen molar-refractivity contribution in [3.8, 4) is 0 Å². The zero-order chi connectivity index (χ0) is 25.6. The smallest absolute Gasteiger partial charge is 0.244 e. The number of hydrogen-bond acceptors (Lipinski definition) is 4. The SMILES string of the molecule is CC(C(=O)NC1CCCCC1)N(Cc1ccccc1)C(=O)CN(c1cc(Cl)cc(Cl)c1)S(C)(=O)=O. The van der Waals surface area contributed by atoms with Crippen LogP contribution in [0.2, 0.25) is 10.0 Å². The minimum Gasteiger partial charge on any atom is -0.352 e. The minimum atomic E-state index is -3.85. The summed E-state index contributed by atoms with van der Waals surface area (Å²) in [4.78, 5) is 28.1. The first kappa shape index (κ1) is 27.3. The number of hydrogen-bond donors (Lipinski definition) is 1. The fourth-order valence-electron chi connectivity index (χ4n) is 4.23. The molecule has 0 radical (unpaired) electrons. The van der Waals surface area contributed by atoms with Gasteiger partial charge in [-0.05, 0) is 43.5 Å². The summed E-state index contributed by atoms with van der Waals surface area (Å²) in [5.41, 5.74) is 1.01. The van der Waals surface area contributed by atoms with Gasteiger partial charge in [0.1, 0.15) is 12.6 Å². The van der Waals surface area contributed by atoms with Crippen LogP contribution >= 0.6 is 23.2 Å². The van der Waals surface area contributed by atoms with E-state index in [1.54, 1.807) is 6.92 Å². The Kier molecular flexibility index (Phi) is 9.44. The van der Waals surface area contributed by atoms with Crippen molar-refractivity contribution < 1.29 is 18.0 Å². The summed E-state index contributed by atoms with van der Waals surface area (Å²) < 4.78 is 26.2. The third-order valence-electron chi connectivity index (χ3n) is 6.13. The molecule has 1 fully saturated rings. The third kappa shape index (κ3) is 7.85. The van der Waals surface area contributed by atoms with E-state index in [1.807, 2.05) is 30.3 Å². The van der Waals surface area contributed by atoms with Crippen LogP contribution in [0.15, 0.2) is 48.5 Å². The molecule has 0 spiro atoms. The molecule has 0 bridgehead atoms. The van der Waals surface area contributed by atoms with E-state index >= 15 is 0 Å². The number of sulfonamides is 1. The Balaban J connectivity index is 1.87. The van der Waals surface area contributed by atoms with Gasteiger partial charge in [0.05, 0.1) is 11.9 Å². The van der Waals surface area contributed by atoms with E-state index < -0.39 is 28.5 Å². The lowest BCUT2D eigenvalue weighted by atomic mass is 9.95. The van der Waals surface area contributed by atoms with E-state index in [9.17, 15) is 18.0 Å². The third-order valence-corrected chi connectivity index (χ3v) is 7.71. The molecule has 1 unspecified atom stereocenters. The van der Waals surface area contributed by atoms with Gasteiger partial charge < -0.3 is 10.2 Å². The number of rotatable bonds is 9. The minimum absolute atomic E-state index is 0.0912. The molecular formula is C25H31Cl2N3O4S. The molecule has 2 aromatic rings. The van der Waals surface area contributed by atoms with Crippen LogP contribution in [-0.2, 0) is 26.2 Å². The zero-order valence-corrected chi connectivity index (χ0v) is 22.2. The Morgan fingerprint density at radius 2 is 1.63 bits per heavy atom. The van der Waals surface area contributed by atoms with E-state index in [-0.39, 0.29) is 34.2 Å². The fourth-order valence-corrected chi connectivity index (χ4v) is 5.58. The average molecular weight is 541 g/mol. The topological polar surface area (TPSA) is 86.8 Å². The zero-order valence-electron chi connectivity index (χ0n) is 19.9. The van der Waals surface area contributed by atoms with Crippen molar-refractivity contribution in [2.24, 2.45) is 0 Å². The number of amides is 2. The van der Waals surface area contributed by atoms with Crippen LogP contribution in [0.4, 0.5) is 5.69 Å². The van der Waals surface area contributed by atoms with E-state index in [1.165, 1.54) is 23.1 Å². The second kappa shape index (κ2) is 12.1. The molecular weight excluding hydrogens is 509 g/mol. The van der Waals surface area contributed by atoms with E-state index in [2.05, 4.69) is 5.32 Å². The second-order valence-electron chi connectivity index (χ2n) is 8.92. The Morgan fingerprint density at radius 1 is 1.03 bits per heavy atom. The van der Waals surface area contributed by atoms with Gasteiger partial charge in [0.15, 0.2) is 0 Å². The van der Waals surface area contributed by atoms with Gasteiger partial charge >= 0.3 is 0 Å². The predicted octanol–water partition coefficient (Wildman–Crippen LogP) is 4.63. The molecule has 0 saturated heterocycles. The number of nitrogens with one attached hydrogen (secondary N) is 1. The molecule has 1 atom stereocenters. The summed E-state index contributed by atoms with van der Waals surface area (Å²) in [5, 5.41) is 3.56. The maximum absolute atomic E-state index is 13.6. The van der Waals surface area contributed by atoms with Crippen LogP contribution in [-0.4, -0.2) is 50.0 Å². The molecule has 0 heterocycles. The monoisotopic (exact) mass is 539 g/mol. The molecule has 1 aliphatic carbocycles. The summed E-state index contributed by atoms with van der Waals surface area (Å²) in [5.74, 6) is -0.764. The number of carbonyl (C=O) groups excluding carboxylic acids is 2. The standard InChI is InChI=1S/C25H31Cl2N3O4S/c1-18(25(32)28-22-11-7-4-8-12-22)29(16-19-9-5-3-6-10-19)24(31)17-30(35(2,33)34)23-14-20(26)13-21(27)15-23/h3,5-6,9-10,13-15,18,22H,4,7-8,11-12,16-17H2,1-2H3,(H,28,32). The quantitative estimate of drug-likeness (QED) is 0.503.